The Kier molecular flexibility index (Phi) is 4.44. The average molecular weight is 288 g/mol. The molecule has 2 fully saturated rings. The second kappa shape index (κ2) is 6.48. The molecule has 1 heterocycles. The smallest absolute Gasteiger partial charge is 0.227 e. The van der Waals surface area contributed by atoms with E-state index in [1.807, 2.05) is 17.0 Å². The molecule has 2 atom stereocenters. The van der Waals surface area contributed by atoms with Crippen LogP contribution in [0.1, 0.15) is 38.5 Å². The number of carbonyl (C=O) groups is 1. The van der Waals surface area contributed by atoms with Crippen LogP contribution < -0.4 is 10.2 Å². The monoisotopic (exact) mass is 288 g/mol. The third-order valence-corrected chi connectivity index (χ3v) is 4.58. The number of hydrogen-bond acceptors (Lipinski definition) is 3. The van der Waals surface area contributed by atoms with Gasteiger partial charge in [-0.15, -0.1) is 0 Å². The van der Waals surface area contributed by atoms with E-state index in [-0.39, 0.29) is 5.91 Å². The number of anilines is 2. The van der Waals surface area contributed by atoms with Gasteiger partial charge in [0.2, 0.25) is 5.91 Å². The van der Waals surface area contributed by atoms with Crippen LogP contribution in [0.4, 0.5) is 11.4 Å². The Balaban J connectivity index is 1.60. The van der Waals surface area contributed by atoms with Crippen molar-refractivity contribution in [1.29, 1.82) is 0 Å². The summed E-state index contributed by atoms with van der Waals surface area (Å²) in [4.78, 5) is 13.6. The van der Waals surface area contributed by atoms with Crippen molar-refractivity contribution in [3.05, 3.63) is 24.3 Å². The van der Waals surface area contributed by atoms with Crippen LogP contribution >= 0.6 is 0 Å². The number of ether oxygens (including phenoxy) is 1. The van der Waals surface area contributed by atoms with Crippen LogP contribution in [-0.4, -0.2) is 31.7 Å². The highest BCUT2D eigenvalue weighted by Crippen LogP contribution is 2.26. The molecule has 0 radical (unpaired) electrons. The van der Waals surface area contributed by atoms with E-state index >= 15 is 0 Å². The standard InChI is InChI=1S/C17H24N2O2/c1-21-16-5-2-4-14(12-16)18-13-7-9-15(10-8-13)19-11-3-6-17(19)20/h7-10,14,16,18H,2-6,11-12H2,1H3. The van der Waals surface area contributed by atoms with Crippen molar-refractivity contribution in [1.82, 2.24) is 0 Å². The van der Waals surface area contributed by atoms with Crippen LogP contribution in [0.5, 0.6) is 0 Å². The summed E-state index contributed by atoms with van der Waals surface area (Å²) in [5.41, 5.74) is 2.15. The van der Waals surface area contributed by atoms with E-state index in [0.717, 1.165) is 30.8 Å². The molecule has 0 aromatic heterocycles. The molecule has 1 amide bonds. The van der Waals surface area contributed by atoms with E-state index in [0.29, 0.717) is 18.6 Å². The van der Waals surface area contributed by atoms with E-state index < -0.39 is 0 Å². The van der Waals surface area contributed by atoms with Gasteiger partial charge in [0, 0.05) is 37.5 Å². The van der Waals surface area contributed by atoms with Crippen molar-refractivity contribution in [2.75, 3.05) is 23.9 Å². The fourth-order valence-electron chi connectivity index (χ4n) is 3.38. The number of hydrogen-bond donors (Lipinski definition) is 1. The Morgan fingerprint density at radius 3 is 2.67 bits per heavy atom. The Bertz CT molecular complexity index is 486. The van der Waals surface area contributed by atoms with Gasteiger partial charge in [-0.25, -0.2) is 0 Å². The molecule has 0 spiro atoms. The minimum atomic E-state index is 0.242. The van der Waals surface area contributed by atoms with Crippen molar-refractivity contribution in [2.24, 2.45) is 0 Å². The number of benzene rings is 1. The highest BCUT2D eigenvalue weighted by molar-refractivity contribution is 5.95. The molecule has 114 valence electrons. The number of nitrogens with zero attached hydrogens (tertiary/aromatic N) is 1. The first-order valence-electron chi connectivity index (χ1n) is 7.96. The molecule has 21 heavy (non-hydrogen) atoms. The normalized spacial score (nSPS) is 26.1. The Morgan fingerprint density at radius 1 is 1.19 bits per heavy atom. The van der Waals surface area contributed by atoms with Crippen molar-refractivity contribution in [3.63, 3.8) is 0 Å². The molecule has 1 aliphatic heterocycles. The lowest BCUT2D eigenvalue weighted by Gasteiger charge is -2.29. The average Bonchev–Trinajstić information content (AvgIpc) is 2.94. The lowest BCUT2D eigenvalue weighted by Crippen LogP contribution is -2.31. The summed E-state index contributed by atoms with van der Waals surface area (Å²) in [7, 11) is 1.80. The van der Waals surface area contributed by atoms with E-state index in [9.17, 15) is 4.79 Å². The summed E-state index contributed by atoms with van der Waals surface area (Å²) < 4.78 is 5.47. The maximum Gasteiger partial charge on any atom is 0.227 e. The van der Waals surface area contributed by atoms with Crippen LogP contribution in [0.2, 0.25) is 0 Å². The highest BCUT2D eigenvalue weighted by Gasteiger charge is 2.23. The molecule has 0 bridgehead atoms. The number of nitrogens with one attached hydrogen (secondary N) is 1. The van der Waals surface area contributed by atoms with E-state index in [4.69, 9.17) is 4.74 Å². The Hall–Kier alpha value is -1.55. The van der Waals surface area contributed by atoms with Gasteiger partial charge in [-0.05, 0) is 56.4 Å². The topological polar surface area (TPSA) is 41.6 Å². The molecule has 2 unspecified atom stereocenters. The molecule has 1 N–H and O–H groups in total. The minimum Gasteiger partial charge on any atom is -0.382 e. The molecule has 1 saturated carbocycles. The first kappa shape index (κ1) is 14.4. The zero-order valence-corrected chi connectivity index (χ0v) is 12.7. The van der Waals surface area contributed by atoms with E-state index in [1.54, 1.807) is 7.11 Å². The number of amides is 1. The molecular weight excluding hydrogens is 264 g/mol. The third-order valence-electron chi connectivity index (χ3n) is 4.58. The fourth-order valence-corrected chi connectivity index (χ4v) is 3.38. The van der Waals surface area contributed by atoms with Gasteiger partial charge in [0.05, 0.1) is 6.10 Å². The molecular formula is C17H24N2O2. The van der Waals surface area contributed by atoms with Crippen molar-refractivity contribution < 1.29 is 9.53 Å². The predicted molar refractivity (Wildman–Crippen MR) is 84.7 cm³/mol. The second-order valence-corrected chi connectivity index (χ2v) is 6.06. The van der Waals surface area contributed by atoms with Crippen molar-refractivity contribution >= 4 is 17.3 Å². The van der Waals surface area contributed by atoms with Gasteiger partial charge in [-0.2, -0.15) is 0 Å². The molecule has 2 aliphatic rings. The Labute approximate surface area is 126 Å². The van der Waals surface area contributed by atoms with Gasteiger partial charge < -0.3 is 15.0 Å². The lowest BCUT2D eigenvalue weighted by atomic mass is 9.92. The molecule has 1 aromatic rings. The van der Waals surface area contributed by atoms with E-state index in [2.05, 4.69) is 17.4 Å². The maximum atomic E-state index is 11.7. The first-order chi connectivity index (χ1) is 10.3. The molecule has 1 saturated heterocycles. The lowest BCUT2D eigenvalue weighted by molar-refractivity contribution is -0.117. The molecule has 1 aliphatic carbocycles. The predicted octanol–water partition coefficient (Wildman–Crippen LogP) is 3.18. The quantitative estimate of drug-likeness (QED) is 0.925. The van der Waals surface area contributed by atoms with Gasteiger partial charge in [-0.3, -0.25) is 4.79 Å². The summed E-state index contributed by atoms with van der Waals surface area (Å²) in [5.74, 6) is 0.242. The van der Waals surface area contributed by atoms with Crippen molar-refractivity contribution in [2.45, 2.75) is 50.7 Å². The van der Waals surface area contributed by atoms with Gasteiger partial charge in [0.15, 0.2) is 0 Å². The van der Waals surface area contributed by atoms with E-state index in [1.165, 1.54) is 19.3 Å². The van der Waals surface area contributed by atoms with Gasteiger partial charge in [0.1, 0.15) is 0 Å². The van der Waals surface area contributed by atoms with Crippen LogP contribution in [0, 0.1) is 0 Å². The third kappa shape index (κ3) is 3.38. The molecule has 4 nitrogen and oxygen atoms in total. The van der Waals surface area contributed by atoms with Crippen LogP contribution in [0.15, 0.2) is 24.3 Å². The largest absolute Gasteiger partial charge is 0.382 e. The summed E-state index contributed by atoms with van der Waals surface area (Å²) in [6, 6.07) is 8.74. The zero-order valence-electron chi connectivity index (χ0n) is 12.7. The molecule has 3 rings (SSSR count). The summed E-state index contributed by atoms with van der Waals surface area (Å²) in [5, 5.41) is 3.59. The number of carbonyl (C=O) groups excluding carboxylic acids is 1. The summed E-state index contributed by atoms with van der Waals surface area (Å²) in [6.07, 6.45) is 6.70. The van der Waals surface area contributed by atoms with Crippen LogP contribution in [0.25, 0.3) is 0 Å². The molecule has 4 heteroatoms. The molecule has 1 aromatic carbocycles. The second-order valence-electron chi connectivity index (χ2n) is 6.06. The number of methoxy groups -OCH3 is 1. The maximum absolute atomic E-state index is 11.7. The minimum absolute atomic E-state index is 0.242. The van der Waals surface area contributed by atoms with Gasteiger partial charge in [-0.1, -0.05) is 0 Å². The van der Waals surface area contributed by atoms with Crippen molar-refractivity contribution in [3.8, 4) is 0 Å². The fraction of sp³-hybridized carbons (Fsp3) is 0.588. The summed E-state index contributed by atoms with van der Waals surface area (Å²) >= 11 is 0. The Morgan fingerprint density at radius 2 is 2.00 bits per heavy atom. The summed E-state index contributed by atoms with van der Waals surface area (Å²) in [6.45, 7) is 0.851. The zero-order chi connectivity index (χ0) is 14.7. The first-order valence-corrected chi connectivity index (χ1v) is 7.96. The van der Waals surface area contributed by atoms with Gasteiger partial charge >= 0.3 is 0 Å². The van der Waals surface area contributed by atoms with Gasteiger partial charge in [0.25, 0.3) is 0 Å². The SMILES string of the molecule is COC1CCCC(Nc2ccc(N3CCCC3=O)cc2)C1. The highest BCUT2D eigenvalue weighted by atomic mass is 16.5. The van der Waals surface area contributed by atoms with Crippen LogP contribution in [0.3, 0.4) is 0 Å². The van der Waals surface area contributed by atoms with Crippen LogP contribution in [-0.2, 0) is 9.53 Å². The number of rotatable bonds is 4.